The molecule has 0 bridgehead atoms. The Kier molecular flexibility index (Phi) is 5.58. The zero-order valence-corrected chi connectivity index (χ0v) is 18.3. The standard InChI is InChI=1S/C23H24FN3O4S/c24-20-14-18-15(12-19-16-4-1-2-5-17(16)23(28)26-22(18)19)13-21(20)32(29,30)25-6-3-7-27-8-10-31-11-9-27/h1-2,4-5,13-14,25H,3,6-12H2,(H,26,28). The number of halogens is 1. The van der Waals surface area contributed by atoms with Gasteiger partial charge in [0.15, 0.2) is 0 Å². The fourth-order valence-electron chi connectivity index (χ4n) is 4.53. The molecule has 3 aromatic rings. The first-order valence-electron chi connectivity index (χ1n) is 10.7. The van der Waals surface area contributed by atoms with E-state index in [1.165, 1.54) is 12.1 Å². The second-order valence-electron chi connectivity index (χ2n) is 8.18. The van der Waals surface area contributed by atoms with Crippen LogP contribution in [0.4, 0.5) is 4.39 Å². The van der Waals surface area contributed by atoms with E-state index >= 15 is 0 Å². The second-order valence-corrected chi connectivity index (χ2v) is 9.91. The number of benzene rings is 2. The van der Waals surface area contributed by atoms with Gasteiger partial charge in [0, 0.05) is 37.0 Å². The number of morpholine rings is 1. The van der Waals surface area contributed by atoms with Gasteiger partial charge in [0.2, 0.25) is 10.0 Å². The van der Waals surface area contributed by atoms with Gasteiger partial charge < -0.3 is 9.72 Å². The molecule has 9 heteroatoms. The van der Waals surface area contributed by atoms with Crippen LogP contribution in [-0.2, 0) is 21.2 Å². The SMILES string of the molecule is O=c1[nH]c2c(c3ccccc13)Cc1cc(S(=O)(=O)NCCCN3CCOCC3)c(F)cc1-2. The molecule has 2 aliphatic rings. The average molecular weight is 458 g/mol. The molecule has 2 heterocycles. The summed E-state index contributed by atoms with van der Waals surface area (Å²) in [6.07, 6.45) is 1.06. The summed E-state index contributed by atoms with van der Waals surface area (Å²) in [7, 11) is -3.99. The Bertz CT molecular complexity index is 1350. The van der Waals surface area contributed by atoms with Crippen LogP contribution in [0.5, 0.6) is 0 Å². The monoisotopic (exact) mass is 457 g/mol. The summed E-state index contributed by atoms with van der Waals surface area (Å²) in [4.78, 5) is 17.2. The van der Waals surface area contributed by atoms with Crippen LogP contribution in [-0.4, -0.2) is 57.7 Å². The van der Waals surface area contributed by atoms with E-state index in [1.54, 1.807) is 12.1 Å². The van der Waals surface area contributed by atoms with Crippen molar-refractivity contribution in [1.82, 2.24) is 14.6 Å². The molecule has 7 nitrogen and oxygen atoms in total. The molecule has 0 atom stereocenters. The van der Waals surface area contributed by atoms with Gasteiger partial charge >= 0.3 is 0 Å². The first-order chi connectivity index (χ1) is 15.4. The molecule has 0 amide bonds. The van der Waals surface area contributed by atoms with Gasteiger partial charge in [-0.2, -0.15) is 0 Å². The molecule has 1 fully saturated rings. The molecule has 1 aromatic heterocycles. The molecule has 168 valence electrons. The maximum atomic E-state index is 14.9. The highest BCUT2D eigenvalue weighted by Crippen LogP contribution is 2.39. The number of rotatable bonds is 6. The zero-order chi connectivity index (χ0) is 22.3. The third-order valence-electron chi connectivity index (χ3n) is 6.17. The van der Waals surface area contributed by atoms with Crippen molar-refractivity contribution in [3.63, 3.8) is 0 Å². The number of ether oxygens (including phenoxy) is 1. The van der Waals surface area contributed by atoms with Crippen LogP contribution in [0, 0.1) is 5.82 Å². The molecule has 1 aliphatic heterocycles. The van der Waals surface area contributed by atoms with Crippen molar-refractivity contribution in [1.29, 1.82) is 0 Å². The molecule has 1 saturated heterocycles. The van der Waals surface area contributed by atoms with Crippen LogP contribution >= 0.6 is 0 Å². The molecule has 0 saturated carbocycles. The van der Waals surface area contributed by atoms with Crippen molar-refractivity contribution in [2.24, 2.45) is 0 Å². The average Bonchev–Trinajstić information content (AvgIpc) is 3.15. The normalized spacial score (nSPS) is 16.3. The van der Waals surface area contributed by atoms with Gasteiger partial charge in [0.05, 0.1) is 18.9 Å². The maximum absolute atomic E-state index is 14.9. The Morgan fingerprint density at radius 3 is 2.66 bits per heavy atom. The van der Waals surface area contributed by atoms with Crippen LogP contribution < -0.4 is 10.3 Å². The molecule has 2 N–H and O–H groups in total. The Balaban J connectivity index is 1.37. The van der Waals surface area contributed by atoms with Gasteiger partial charge in [-0.15, -0.1) is 0 Å². The van der Waals surface area contributed by atoms with E-state index < -0.39 is 15.8 Å². The smallest absolute Gasteiger partial charge is 0.256 e. The topological polar surface area (TPSA) is 91.5 Å². The highest BCUT2D eigenvalue weighted by atomic mass is 32.2. The lowest BCUT2D eigenvalue weighted by atomic mass is 10.0. The van der Waals surface area contributed by atoms with Crippen LogP contribution in [0.25, 0.3) is 22.0 Å². The summed E-state index contributed by atoms with van der Waals surface area (Å²) in [5, 5.41) is 1.36. The number of hydrogen-bond donors (Lipinski definition) is 2. The maximum Gasteiger partial charge on any atom is 0.256 e. The number of H-pyrrole nitrogens is 1. The third-order valence-corrected chi connectivity index (χ3v) is 7.64. The highest BCUT2D eigenvalue weighted by molar-refractivity contribution is 7.89. The van der Waals surface area contributed by atoms with Crippen molar-refractivity contribution in [2.75, 3.05) is 39.4 Å². The van der Waals surface area contributed by atoms with Gasteiger partial charge in [0.1, 0.15) is 10.7 Å². The first kappa shape index (κ1) is 21.3. The summed E-state index contributed by atoms with van der Waals surface area (Å²) in [6, 6.07) is 9.85. The Labute approximate surface area is 185 Å². The van der Waals surface area contributed by atoms with E-state index in [2.05, 4.69) is 14.6 Å². The van der Waals surface area contributed by atoms with Gasteiger partial charge in [-0.1, -0.05) is 18.2 Å². The van der Waals surface area contributed by atoms with E-state index in [-0.39, 0.29) is 17.0 Å². The Morgan fingerprint density at radius 1 is 1.12 bits per heavy atom. The van der Waals surface area contributed by atoms with E-state index in [1.807, 2.05) is 12.1 Å². The van der Waals surface area contributed by atoms with Crippen LogP contribution in [0.1, 0.15) is 17.5 Å². The molecule has 2 aromatic carbocycles. The minimum absolute atomic E-state index is 0.231. The fraction of sp³-hybridized carbons (Fsp3) is 0.348. The summed E-state index contributed by atoms with van der Waals surface area (Å²) in [5.74, 6) is -0.828. The van der Waals surface area contributed by atoms with Crippen molar-refractivity contribution < 1.29 is 17.5 Å². The quantitative estimate of drug-likeness (QED) is 0.434. The minimum Gasteiger partial charge on any atom is -0.379 e. The van der Waals surface area contributed by atoms with Crippen molar-refractivity contribution in [2.45, 2.75) is 17.7 Å². The van der Waals surface area contributed by atoms with Crippen molar-refractivity contribution >= 4 is 20.8 Å². The summed E-state index contributed by atoms with van der Waals surface area (Å²) < 4.78 is 48.3. The highest BCUT2D eigenvalue weighted by Gasteiger charge is 2.28. The Morgan fingerprint density at radius 2 is 1.88 bits per heavy atom. The number of nitrogens with one attached hydrogen (secondary N) is 2. The number of nitrogens with zero attached hydrogens (tertiary/aromatic N) is 1. The van der Waals surface area contributed by atoms with Gasteiger partial charge in [-0.3, -0.25) is 9.69 Å². The van der Waals surface area contributed by atoms with Crippen LogP contribution in [0.3, 0.4) is 0 Å². The second kappa shape index (κ2) is 8.40. The largest absolute Gasteiger partial charge is 0.379 e. The Hall–Kier alpha value is -2.59. The number of fused-ring (bicyclic) bond motifs is 5. The number of aromatic amines is 1. The predicted molar refractivity (Wildman–Crippen MR) is 120 cm³/mol. The summed E-state index contributed by atoms with van der Waals surface area (Å²) in [5.41, 5.74) is 2.41. The molecular formula is C23H24FN3O4S. The lowest BCUT2D eigenvalue weighted by Crippen LogP contribution is -2.38. The van der Waals surface area contributed by atoms with E-state index in [9.17, 15) is 17.6 Å². The first-order valence-corrected chi connectivity index (χ1v) is 12.2. The molecule has 0 radical (unpaired) electrons. The molecule has 5 rings (SSSR count). The number of sulfonamides is 1. The molecule has 1 aliphatic carbocycles. The van der Waals surface area contributed by atoms with Crippen molar-refractivity contribution in [3.05, 3.63) is 63.7 Å². The number of aromatic nitrogens is 1. The van der Waals surface area contributed by atoms with Crippen molar-refractivity contribution in [3.8, 4) is 11.3 Å². The molecule has 0 unspecified atom stereocenters. The fourth-order valence-corrected chi connectivity index (χ4v) is 5.71. The van der Waals surface area contributed by atoms with E-state index in [0.717, 1.165) is 30.6 Å². The van der Waals surface area contributed by atoms with E-state index in [0.29, 0.717) is 48.3 Å². The lowest BCUT2D eigenvalue weighted by Gasteiger charge is -2.26. The number of pyridine rings is 1. The van der Waals surface area contributed by atoms with Crippen LogP contribution in [0.15, 0.2) is 46.1 Å². The molecule has 32 heavy (non-hydrogen) atoms. The predicted octanol–water partition coefficient (Wildman–Crippen LogP) is 2.24. The third kappa shape index (κ3) is 3.86. The lowest BCUT2D eigenvalue weighted by molar-refractivity contribution is 0.0376. The van der Waals surface area contributed by atoms with E-state index in [4.69, 9.17) is 4.74 Å². The summed E-state index contributed by atoms with van der Waals surface area (Å²) >= 11 is 0. The number of hydrogen-bond acceptors (Lipinski definition) is 5. The van der Waals surface area contributed by atoms with Gasteiger partial charge in [-0.05, 0) is 47.7 Å². The zero-order valence-electron chi connectivity index (χ0n) is 17.5. The van der Waals surface area contributed by atoms with Crippen LogP contribution in [0.2, 0.25) is 0 Å². The van der Waals surface area contributed by atoms with Gasteiger partial charge in [-0.25, -0.2) is 17.5 Å². The molecule has 0 spiro atoms. The molecular weight excluding hydrogens is 433 g/mol. The summed E-state index contributed by atoms with van der Waals surface area (Å²) in [6.45, 7) is 4.04. The minimum atomic E-state index is -3.99. The van der Waals surface area contributed by atoms with Gasteiger partial charge in [0.25, 0.3) is 5.56 Å².